The zero-order valence-electron chi connectivity index (χ0n) is 10.5. The lowest BCUT2D eigenvalue weighted by atomic mass is 10.2. The van der Waals surface area contributed by atoms with Gasteiger partial charge in [-0.15, -0.1) is 0 Å². The summed E-state index contributed by atoms with van der Waals surface area (Å²) in [5.41, 5.74) is 0.0219. The number of carbonyl (C=O) groups excluding carboxylic acids is 1. The van der Waals surface area contributed by atoms with Crippen LogP contribution in [0.2, 0.25) is 0 Å². The number of nitrogens with one attached hydrogen (secondary N) is 1. The van der Waals surface area contributed by atoms with E-state index in [0.717, 1.165) is 0 Å². The second-order valence-corrected chi connectivity index (χ2v) is 5.46. The third-order valence-electron chi connectivity index (χ3n) is 2.23. The van der Waals surface area contributed by atoms with Crippen molar-refractivity contribution in [3.63, 3.8) is 0 Å². The fraction of sp³-hybridized carbons (Fsp3) is 0.0714. The molecule has 0 bridgehead atoms. The van der Waals surface area contributed by atoms with Crippen molar-refractivity contribution in [1.29, 1.82) is 0 Å². The Morgan fingerprint density at radius 2 is 2.05 bits per heavy atom. The first-order chi connectivity index (χ1) is 9.49. The zero-order valence-corrected chi connectivity index (χ0v) is 13.7. The second-order valence-electron chi connectivity index (χ2n) is 3.69. The molecule has 0 saturated carbocycles. The lowest BCUT2D eigenvalue weighted by molar-refractivity contribution is 0.0963. The van der Waals surface area contributed by atoms with Crippen molar-refractivity contribution in [1.82, 2.24) is 5.32 Å². The minimum atomic E-state index is -0.612. The molecule has 0 saturated heterocycles. The summed E-state index contributed by atoms with van der Waals surface area (Å²) in [6.07, 6.45) is 6.74. The van der Waals surface area contributed by atoms with Crippen molar-refractivity contribution in [3.05, 3.63) is 63.0 Å². The van der Waals surface area contributed by atoms with Crippen LogP contribution in [-0.2, 0) is 0 Å². The van der Waals surface area contributed by atoms with E-state index in [9.17, 15) is 14.3 Å². The maximum absolute atomic E-state index is 12.7. The lowest BCUT2D eigenvalue weighted by Gasteiger charge is -2.08. The third-order valence-corrected chi connectivity index (χ3v) is 3.29. The number of rotatable bonds is 4. The summed E-state index contributed by atoms with van der Waals surface area (Å²) in [6, 6.07) is 3.05. The molecule has 2 N–H and O–H groups in total. The number of phenolic OH excluding ortho intramolecular Hbond substituents is 1. The molecule has 0 aliphatic carbocycles. The Kier molecular flexibility index (Phi) is 6.67. The zero-order chi connectivity index (χ0) is 15.1. The molecular weight excluding hydrogens is 393 g/mol. The van der Waals surface area contributed by atoms with Crippen LogP contribution >= 0.6 is 31.9 Å². The normalized spacial score (nSPS) is 12.3. The van der Waals surface area contributed by atoms with Gasteiger partial charge < -0.3 is 10.4 Å². The SMILES string of the molecule is C\C=C/C=C\C(=C\F)NC(=O)c1cc(Br)cc(Br)c1O. The summed E-state index contributed by atoms with van der Waals surface area (Å²) in [5, 5.41) is 12.2. The quantitative estimate of drug-likeness (QED) is 0.721. The molecule has 0 unspecified atom stereocenters. The Morgan fingerprint density at radius 3 is 2.65 bits per heavy atom. The van der Waals surface area contributed by atoms with Gasteiger partial charge in [-0.3, -0.25) is 4.79 Å². The highest BCUT2D eigenvalue weighted by molar-refractivity contribution is 9.11. The van der Waals surface area contributed by atoms with E-state index in [1.165, 1.54) is 12.1 Å². The average molecular weight is 405 g/mol. The van der Waals surface area contributed by atoms with Crippen molar-refractivity contribution in [3.8, 4) is 5.75 Å². The molecule has 0 fully saturated rings. The predicted octanol–water partition coefficient (Wildman–Crippen LogP) is 4.59. The standard InChI is InChI=1S/C14H12Br2FNO2/c1-2-3-4-5-10(8-17)18-14(20)11-6-9(15)7-12(16)13(11)19/h2-8,19H,1H3,(H,18,20)/b3-2-,5-4-,10-8-. The van der Waals surface area contributed by atoms with Crippen molar-refractivity contribution in [2.75, 3.05) is 0 Å². The lowest BCUT2D eigenvalue weighted by Crippen LogP contribution is -2.21. The average Bonchev–Trinajstić information content (AvgIpc) is 2.41. The third kappa shape index (κ3) is 4.61. The van der Waals surface area contributed by atoms with Gasteiger partial charge in [0.05, 0.1) is 15.7 Å². The maximum Gasteiger partial charge on any atom is 0.259 e. The summed E-state index contributed by atoms with van der Waals surface area (Å²) in [7, 11) is 0. The first-order valence-electron chi connectivity index (χ1n) is 5.58. The number of carbonyl (C=O) groups is 1. The number of aromatic hydroxyl groups is 1. The summed E-state index contributed by atoms with van der Waals surface area (Å²) in [6.45, 7) is 1.82. The van der Waals surface area contributed by atoms with E-state index in [0.29, 0.717) is 8.95 Å². The maximum atomic E-state index is 12.7. The Labute approximate surface area is 133 Å². The molecule has 0 aliphatic heterocycles. The van der Waals surface area contributed by atoms with Gasteiger partial charge in [-0.2, -0.15) is 0 Å². The molecule has 0 aliphatic rings. The van der Waals surface area contributed by atoms with Crippen molar-refractivity contribution in [2.45, 2.75) is 6.92 Å². The molecule has 1 aromatic carbocycles. The largest absolute Gasteiger partial charge is 0.506 e. The van der Waals surface area contributed by atoms with Gasteiger partial charge in [0, 0.05) is 4.47 Å². The second kappa shape index (κ2) is 8.01. The van der Waals surface area contributed by atoms with Crippen LogP contribution in [-0.4, -0.2) is 11.0 Å². The number of hydrogen-bond acceptors (Lipinski definition) is 2. The number of benzene rings is 1. The van der Waals surface area contributed by atoms with Gasteiger partial charge in [0.2, 0.25) is 0 Å². The summed E-state index contributed by atoms with van der Waals surface area (Å²) >= 11 is 6.35. The summed E-state index contributed by atoms with van der Waals surface area (Å²) in [4.78, 5) is 12.0. The fourth-order valence-corrected chi connectivity index (χ4v) is 2.54. The number of hydrogen-bond donors (Lipinski definition) is 2. The van der Waals surface area contributed by atoms with Crippen molar-refractivity contribution in [2.24, 2.45) is 0 Å². The monoisotopic (exact) mass is 403 g/mol. The number of allylic oxidation sites excluding steroid dienone is 4. The van der Waals surface area contributed by atoms with E-state index in [4.69, 9.17) is 0 Å². The Morgan fingerprint density at radius 1 is 1.35 bits per heavy atom. The molecule has 1 amide bonds. The summed E-state index contributed by atoms with van der Waals surface area (Å²) < 4.78 is 13.7. The van der Waals surface area contributed by atoms with Crippen LogP contribution in [0.5, 0.6) is 5.75 Å². The van der Waals surface area contributed by atoms with Gasteiger partial charge in [0.15, 0.2) is 0 Å². The Balaban J connectivity index is 2.96. The van der Waals surface area contributed by atoms with E-state index < -0.39 is 5.91 Å². The molecule has 20 heavy (non-hydrogen) atoms. The van der Waals surface area contributed by atoms with Crippen LogP contribution in [0.4, 0.5) is 4.39 Å². The molecule has 1 aromatic rings. The molecule has 0 aromatic heterocycles. The number of halogens is 3. The predicted molar refractivity (Wildman–Crippen MR) is 84.1 cm³/mol. The van der Waals surface area contributed by atoms with Gasteiger partial charge >= 0.3 is 0 Å². The number of amides is 1. The van der Waals surface area contributed by atoms with Crippen LogP contribution in [0.25, 0.3) is 0 Å². The Hall–Kier alpha value is -1.40. The fourth-order valence-electron chi connectivity index (χ4n) is 1.31. The minimum Gasteiger partial charge on any atom is -0.506 e. The van der Waals surface area contributed by atoms with Gasteiger partial charge in [-0.05, 0) is 41.1 Å². The Bertz CT molecular complexity index is 595. The van der Waals surface area contributed by atoms with Gasteiger partial charge in [0.25, 0.3) is 5.91 Å². The molecule has 0 atom stereocenters. The van der Waals surface area contributed by atoms with E-state index >= 15 is 0 Å². The summed E-state index contributed by atoms with van der Waals surface area (Å²) in [5.74, 6) is -0.820. The molecule has 0 heterocycles. The first kappa shape index (κ1) is 16.7. The molecule has 3 nitrogen and oxygen atoms in total. The highest BCUT2D eigenvalue weighted by Gasteiger charge is 2.15. The molecule has 106 valence electrons. The van der Waals surface area contributed by atoms with Crippen molar-refractivity contribution >= 4 is 37.8 Å². The molecule has 0 spiro atoms. The van der Waals surface area contributed by atoms with E-state index in [1.807, 2.05) is 6.92 Å². The van der Waals surface area contributed by atoms with Crippen LogP contribution in [0.3, 0.4) is 0 Å². The van der Waals surface area contributed by atoms with Gasteiger partial charge in [-0.25, -0.2) is 4.39 Å². The molecule has 0 radical (unpaired) electrons. The topological polar surface area (TPSA) is 49.3 Å². The van der Waals surface area contributed by atoms with Crippen molar-refractivity contribution < 1.29 is 14.3 Å². The van der Waals surface area contributed by atoms with Gasteiger partial charge in [0.1, 0.15) is 12.1 Å². The smallest absolute Gasteiger partial charge is 0.259 e. The van der Waals surface area contributed by atoms with Crippen LogP contribution in [0.15, 0.2) is 57.4 Å². The minimum absolute atomic E-state index is 0.0106. The molecule has 1 rings (SSSR count). The van der Waals surface area contributed by atoms with Crippen LogP contribution < -0.4 is 5.32 Å². The van der Waals surface area contributed by atoms with Crippen LogP contribution in [0, 0.1) is 0 Å². The van der Waals surface area contributed by atoms with E-state index in [1.54, 1.807) is 24.3 Å². The van der Waals surface area contributed by atoms with E-state index in [-0.39, 0.29) is 23.3 Å². The van der Waals surface area contributed by atoms with E-state index in [2.05, 4.69) is 37.2 Å². The molecule has 6 heteroatoms. The van der Waals surface area contributed by atoms with Gasteiger partial charge in [-0.1, -0.05) is 34.2 Å². The highest BCUT2D eigenvalue weighted by atomic mass is 79.9. The van der Waals surface area contributed by atoms with Crippen LogP contribution in [0.1, 0.15) is 17.3 Å². The first-order valence-corrected chi connectivity index (χ1v) is 7.17. The molecular formula is C14H12Br2FNO2. The number of phenols is 1. The highest BCUT2D eigenvalue weighted by Crippen LogP contribution is 2.31.